The van der Waals surface area contributed by atoms with Gasteiger partial charge < -0.3 is 52.7 Å². The number of unbranched alkanes of at least 4 members (excludes halogenated alkanes) is 1. The van der Waals surface area contributed by atoms with Crippen LogP contribution in [0.1, 0.15) is 89.8 Å². The summed E-state index contributed by atoms with van der Waals surface area (Å²) in [5.41, 5.74) is 10.7. The SMILES string of the molecule is Brc1cccc2cnc(Nc3ccccc3)nc12.C.C.C=C(OCCCC)c1cccc2cnc(Nc3ccccc3)nc12.C=CC.CC(=O)O.CCO.Clc1ncc2cccc(Br)c2n1.N.O=C1CCNC(=O)C1.O=C1NCCc2[nH]c(-c3cccc4cnc(Nc5ccccc5)nc34)cc21. The first-order valence-corrected chi connectivity index (χ1v) is 33.4. The van der Waals surface area contributed by atoms with E-state index in [1.807, 2.05) is 195 Å². The standard InChI is InChI=1S/C21H17N5O.C20H21N3O.C14H10BrN3.C8H4BrClN2.C5H7NO2.C3H6.C2H4O2.C2H6O.2CH4.H3N/c27-20-16-11-18(25-17(16)9-10-22-20)15-8-4-5-13-12-23-21(26-19(13)15)24-14-6-2-1-3-7-14;1-3-4-13-24-15(2)18-12-8-9-16-14-21-20(23-19(16)18)22-17-10-6-5-7-11-17;15-12-8-4-5-10-9-16-14(18-13(10)12)17-11-6-2-1-3-7-11;9-6-3-1-2-5-4-11-8(10)12-7(5)6;7-4-1-2-6-5(8)3-4;1-3-2;1-2(3)4;1-2-3;;;/h1-8,11-12,25H,9-10H2,(H,22,27)(H,23,24,26);5-12,14H,2-4,13H2,1H3,(H,21,22,23);1-9H,(H,16,17,18);1-4H;1-3H2,(H,6,8);3H,1H2,2H3;1H3,(H,3,4);3H,2H2,1H3;2*1H4;1H3. The molecule has 532 valence electrons. The van der Waals surface area contributed by atoms with Gasteiger partial charge in [0.15, 0.2) is 0 Å². The van der Waals surface area contributed by atoms with Gasteiger partial charge >= 0.3 is 0 Å². The molecule has 0 saturated carbocycles. The van der Waals surface area contributed by atoms with Crippen LogP contribution in [-0.4, -0.2) is 105 Å². The smallest absolute Gasteiger partial charge is 0.300 e. The van der Waals surface area contributed by atoms with E-state index < -0.39 is 5.97 Å². The number of nitrogens with one attached hydrogen (secondary N) is 6. The minimum atomic E-state index is -0.833. The minimum absolute atomic E-state index is 0. The van der Waals surface area contributed by atoms with Gasteiger partial charge in [-0.1, -0.05) is 150 Å². The lowest BCUT2D eigenvalue weighted by Gasteiger charge is -2.12. The van der Waals surface area contributed by atoms with Crippen LogP contribution in [0.2, 0.25) is 5.28 Å². The number of aromatic amines is 1. The van der Waals surface area contributed by atoms with E-state index in [-0.39, 0.29) is 56.9 Å². The van der Waals surface area contributed by atoms with Crippen LogP contribution in [-0.2, 0) is 25.5 Å². The second kappa shape index (κ2) is 44.3. The molecule has 25 heteroatoms. The van der Waals surface area contributed by atoms with Crippen LogP contribution in [0.25, 0.3) is 60.6 Å². The fraction of sp³-hybridized carbons (Fsp3) is 0.195. The van der Waals surface area contributed by atoms with E-state index in [1.165, 1.54) is 0 Å². The van der Waals surface area contributed by atoms with Crippen molar-refractivity contribution in [3.8, 4) is 11.3 Å². The molecular formula is C77H86Br2ClN15O7. The largest absolute Gasteiger partial charge is 0.494 e. The average Bonchev–Trinajstić information content (AvgIpc) is 1.55. The first kappa shape index (κ1) is 83.5. The van der Waals surface area contributed by atoms with Crippen molar-refractivity contribution in [1.29, 1.82) is 0 Å². The number of benzene rings is 7. The molecule has 2 aliphatic heterocycles. The fourth-order valence-electron chi connectivity index (χ4n) is 9.23. The van der Waals surface area contributed by atoms with E-state index in [0.29, 0.717) is 55.3 Å². The molecule has 0 unspecified atom stereocenters. The van der Waals surface area contributed by atoms with Crippen molar-refractivity contribution in [2.75, 3.05) is 42.3 Å². The average molecular weight is 1530 g/mol. The summed E-state index contributed by atoms with van der Waals surface area (Å²) in [6.45, 7) is 16.3. The van der Waals surface area contributed by atoms with E-state index in [9.17, 15) is 14.4 Å². The first-order valence-electron chi connectivity index (χ1n) is 31.4. The number of aliphatic carboxylic acids is 1. The summed E-state index contributed by atoms with van der Waals surface area (Å²) >= 11 is 12.5. The molecule has 0 atom stereocenters. The number of hydrogen-bond acceptors (Lipinski definition) is 18. The summed E-state index contributed by atoms with van der Waals surface area (Å²) < 4.78 is 7.66. The zero-order chi connectivity index (χ0) is 70.9. The Bertz CT molecular complexity index is 4640. The van der Waals surface area contributed by atoms with Gasteiger partial charge in [0.2, 0.25) is 29.0 Å². The number of ether oxygens (including phenoxy) is 1. The van der Waals surface area contributed by atoms with Crippen molar-refractivity contribution < 1.29 is 34.1 Å². The molecule has 0 bridgehead atoms. The normalized spacial score (nSPS) is 11.2. The third-order valence-corrected chi connectivity index (χ3v) is 15.1. The van der Waals surface area contributed by atoms with E-state index in [2.05, 4.69) is 118 Å². The van der Waals surface area contributed by atoms with Crippen molar-refractivity contribution in [2.45, 2.75) is 74.7 Å². The van der Waals surface area contributed by atoms with Crippen LogP contribution in [0.3, 0.4) is 0 Å². The molecule has 2 amide bonds. The molecule has 5 aromatic heterocycles. The summed E-state index contributed by atoms with van der Waals surface area (Å²) in [6.07, 6.45) is 12.4. The number of carbonyl (C=O) groups excluding carboxylic acids is 3. The van der Waals surface area contributed by atoms with Gasteiger partial charge in [-0.3, -0.25) is 19.2 Å². The molecule has 1 saturated heterocycles. The second-order valence-corrected chi connectivity index (χ2v) is 23.3. The Morgan fingerprint density at radius 1 is 0.608 bits per heavy atom. The number of amides is 2. The third kappa shape index (κ3) is 26.3. The fourth-order valence-corrected chi connectivity index (χ4v) is 10.3. The molecule has 7 aromatic carbocycles. The molecule has 11 N–H and O–H groups in total. The highest BCUT2D eigenvalue weighted by Crippen LogP contribution is 2.31. The zero-order valence-corrected chi connectivity index (χ0v) is 59.6. The maximum absolute atomic E-state index is 12.1. The number of halogens is 3. The Labute approximate surface area is 616 Å². The molecule has 2 aliphatic rings. The van der Waals surface area contributed by atoms with Crippen molar-refractivity contribution in [2.24, 2.45) is 0 Å². The number of aromatic nitrogens is 9. The van der Waals surface area contributed by atoms with Gasteiger partial charge in [0, 0.05) is 134 Å². The summed E-state index contributed by atoms with van der Waals surface area (Å²) in [7, 11) is 0. The van der Waals surface area contributed by atoms with E-state index in [0.717, 1.165) is 118 Å². The third-order valence-electron chi connectivity index (χ3n) is 13.7. The van der Waals surface area contributed by atoms with Gasteiger partial charge in [-0.2, -0.15) is 0 Å². The lowest BCUT2D eigenvalue weighted by molar-refractivity contribution is -0.134. The molecule has 22 nitrogen and oxygen atoms in total. The van der Waals surface area contributed by atoms with Crippen molar-refractivity contribution >= 4 is 151 Å². The highest BCUT2D eigenvalue weighted by Gasteiger charge is 2.21. The lowest BCUT2D eigenvalue weighted by atomic mass is 10.1. The monoisotopic (exact) mass is 1530 g/mol. The number of carboxylic acid groups (broad SMARTS) is 1. The van der Waals surface area contributed by atoms with Crippen LogP contribution >= 0.6 is 43.5 Å². The molecular weight excluding hydrogens is 1440 g/mol. The Morgan fingerprint density at radius 2 is 1.03 bits per heavy atom. The highest BCUT2D eigenvalue weighted by molar-refractivity contribution is 9.11. The number of carbonyl (C=O) groups is 4. The van der Waals surface area contributed by atoms with Crippen molar-refractivity contribution in [3.05, 3.63) is 245 Å². The van der Waals surface area contributed by atoms with Gasteiger partial charge in [-0.05, 0) is 124 Å². The predicted octanol–water partition coefficient (Wildman–Crippen LogP) is 18.2. The quantitative estimate of drug-likeness (QED) is 0.0180. The number of piperidine rings is 1. The Kier molecular flexibility index (Phi) is 36.3. The molecule has 14 rings (SSSR count). The van der Waals surface area contributed by atoms with Crippen LogP contribution in [0, 0.1) is 0 Å². The topological polar surface area (TPSA) is 332 Å². The number of aliphatic hydroxyl groups excluding tert-OH is 1. The van der Waals surface area contributed by atoms with Gasteiger partial charge in [-0.25, -0.2) is 39.9 Å². The van der Waals surface area contributed by atoms with Crippen LogP contribution in [0.15, 0.2) is 223 Å². The van der Waals surface area contributed by atoms with Crippen LogP contribution in [0.5, 0.6) is 0 Å². The number of fused-ring (bicyclic) bond motifs is 5. The number of allylic oxidation sites excluding steroid dienone is 1. The molecule has 12 aromatic rings. The maximum Gasteiger partial charge on any atom is 0.300 e. The predicted molar refractivity (Wildman–Crippen MR) is 421 cm³/mol. The lowest BCUT2D eigenvalue weighted by Crippen LogP contribution is -2.33. The summed E-state index contributed by atoms with van der Waals surface area (Å²) in [5, 5.41) is 34.2. The number of nitrogens with zero attached hydrogens (tertiary/aromatic N) is 8. The number of ketones is 1. The van der Waals surface area contributed by atoms with Crippen molar-refractivity contribution in [3.63, 3.8) is 0 Å². The number of rotatable bonds is 12. The molecule has 0 spiro atoms. The van der Waals surface area contributed by atoms with Crippen LogP contribution < -0.4 is 32.7 Å². The molecule has 1 fully saturated rings. The Morgan fingerprint density at radius 3 is 1.49 bits per heavy atom. The minimum Gasteiger partial charge on any atom is -0.494 e. The number of para-hydroxylation sites is 7. The number of carboxylic acids is 1. The molecule has 0 radical (unpaired) electrons. The number of aliphatic hydroxyl groups is 1. The number of hydrogen-bond donors (Lipinski definition) is 9. The summed E-state index contributed by atoms with van der Waals surface area (Å²) in [5.74, 6) is 1.40. The highest BCUT2D eigenvalue weighted by atomic mass is 79.9. The summed E-state index contributed by atoms with van der Waals surface area (Å²) in [6, 6.07) is 55.1. The van der Waals surface area contributed by atoms with Crippen LogP contribution in [0.4, 0.5) is 34.9 Å². The summed E-state index contributed by atoms with van der Waals surface area (Å²) in [4.78, 5) is 80.2. The zero-order valence-electron chi connectivity index (χ0n) is 55.7. The second-order valence-electron chi connectivity index (χ2n) is 21.3. The molecule has 102 heavy (non-hydrogen) atoms. The Hall–Kier alpha value is -10.9. The van der Waals surface area contributed by atoms with Gasteiger partial charge in [0.1, 0.15) is 11.5 Å². The van der Waals surface area contributed by atoms with Gasteiger partial charge in [0.25, 0.3) is 11.9 Å². The number of H-pyrrole nitrogens is 1. The van der Waals surface area contributed by atoms with Gasteiger partial charge in [-0.15, -0.1) is 6.58 Å². The molecule has 0 aliphatic carbocycles. The van der Waals surface area contributed by atoms with Gasteiger partial charge in [0.05, 0.1) is 40.7 Å². The van der Waals surface area contributed by atoms with E-state index >= 15 is 0 Å². The maximum atomic E-state index is 12.1. The first-order chi connectivity index (χ1) is 48.0. The van der Waals surface area contributed by atoms with Crippen molar-refractivity contribution in [1.82, 2.24) is 61.6 Å². The number of anilines is 6. The Balaban J connectivity index is 0.000000270. The van der Waals surface area contributed by atoms with E-state index in [1.54, 1.807) is 19.2 Å². The number of Topliss-reactive ketones (excluding diaryl/α,β-unsaturated/α-hetero) is 1. The van der Waals surface area contributed by atoms with E-state index in [4.69, 9.17) is 36.3 Å². The molecule has 7 heterocycles.